The van der Waals surface area contributed by atoms with Crippen molar-refractivity contribution in [2.45, 2.75) is 6.92 Å². The maximum Gasteiger partial charge on any atom is 0.189 e. The van der Waals surface area contributed by atoms with Crippen LogP contribution in [0.4, 0.5) is 4.39 Å². The van der Waals surface area contributed by atoms with Crippen molar-refractivity contribution < 1.29 is 9.18 Å². The predicted octanol–water partition coefficient (Wildman–Crippen LogP) is 2.94. The van der Waals surface area contributed by atoms with Crippen molar-refractivity contribution in [3.05, 3.63) is 71.8 Å². The number of halogens is 1. The fourth-order valence-corrected chi connectivity index (χ4v) is 2.11. The quantitative estimate of drug-likeness (QED) is 0.594. The van der Waals surface area contributed by atoms with Gasteiger partial charge in [0.15, 0.2) is 5.78 Å². The zero-order chi connectivity index (χ0) is 15.5. The van der Waals surface area contributed by atoms with E-state index in [0.717, 1.165) is 0 Å². The van der Waals surface area contributed by atoms with E-state index in [0.29, 0.717) is 22.8 Å². The first-order chi connectivity index (χ1) is 10.6. The molecule has 3 rings (SSSR count). The van der Waals surface area contributed by atoms with Crippen LogP contribution in [-0.4, -0.2) is 25.5 Å². The maximum atomic E-state index is 13.0. The molecule has 22 heavy (non-hydrogen) atoms. The Bertz CT molecular complexity index is 816. The molecule has 0 saturated heterocycles. The van der Waals surface area contributed by atoms with Crippen molar-refractivity contribution in [1.82, 2.24) is 19.7 Å². The number of carbonyl (C=O) groups is 1. The summed E-state index contributed by atoms with van der Waals surface area (Å²) in [4.78, 5) is 19.1. The number of hydrogen-bond donors (Lipinski definition) is 1. The number of aromatic nitrogens is 4. The summed E-state index contributed by atoms with van der Waals surface area (Å²) in [6, 6.07) is 5.94. The second-order valence-electron chi connectivity index (χ2n) is 4.70. The monoisotopic (exact) mass is 296 g/mol. The summed E-state index contributed by atoms with van der Waals surface area (Å²) in [5.41, 5.74) is 1.89. The Morgan fingerprint density at radius 3 is 2.77 bits per heavy atom. The number of imidazole rings is 1. The van der Waals surface area contributed by atoms with E-state index in [4.69, 9.17) is 0 Å². The molecule has 0 radical (unpaired) electrons. The lowest BCUT2D eigenvalue weighted by Gasteiger charge is -2.04. The minimum atomic E-state index is -0.314. The topological polar surface area (TPSA) is 63.6 Å². The van der Waals surface area contributed by atoms with Gasteiger partial charge in [-0.05, 0) is 43.3 Å². The van der Waals surface area contributed by atoms with Crippen LogP contribution in [0, 0.1) is 12.7 Å². The molecule has 2 heterocycles. The van der Waals surface area contributed by atoms with Gasteiger partial charge in [-0.2, -0.15) is 5.10 Å². The SMILES string of the molecule is Cc1c(C(=O)/C=C\c2ncc[nH]2)cnn1-c1ccc(F)cc1. The molecule has 0 bridgehead atoms. The molecular weight excluding hydrogens is 283 g/mol. The molecule has 0 atom stereocenters. The Morgan fingerprint density at radius 1 is 1.32 bits per heavy atom. The van der Waals surface area contributed by atoms with Crippen LogP contribution >= 0.6 is 0 Å². The lowest BCUT2D eigenvalue weighted by Crippen LogP contribution is -2.01. The first-order valence-corrected chi connectivity index (χ1v) is 6.67. The number of nitrogens with zero attached hydrogens (tertiary/aromatic N) is 3. The third-order valence-electron chi connectivity index (χ3n) is 3.26. The molecule has 0 saturated carbocycles. The van der Waals surface area contributed by atoms with Gasteiger partial charge in [0.2, 0.25) is 0 Å². The molecule has 110 valence electrons. The van der Waals surface area contributed by atoms with Gasteiger partial charge in [-0.1, -0.05) is 0 Å². The molecule has 0 unspecified atom stereocenters. The third kappa shape index (κ3) is 2.71. The number of rotatable bonds is 4. The zero-order valence-electron chi connectivity index (χ0n) is 11.8. The highest BCUT2D eigenvalue weighted by Crippen LogP contribution is 2.15. The Labute approximate surface area is 126 Å². The van der Waals surface area contributed by atoms with Crippen molar-refractivity contribution >= 4 is 11.9 Å². The van der Waals surface area contributed by atoms with Gasteiger partial charge < -0.3 is 4.98 Å². The number of ketones is 1. The van der Waals surface area contributed by atoms with Gasteiger partial charge >= 0.3 is 0 Å². The zero-order valence-corrected chi connectivity index (χ0v) is 11.8. The van der Waals surface area contributed by atoms with E-state index in [-0.39, 0.29) is 11.6 Å². The molecule has 3 aromatic rings. The molecule has 0 aliphatic rings. The normalized spacial score (nSPS) is 11.2. The van der Waals surface area contributed by atoms with Gasteiger partial charge in [-0.25, -0.2) is 14.1 Å². The average molecular weight is 296 g/mol. The molecule has 5 nitrogen and oxygen atoms in total. The largest absolute Gasteiger partial charge is 0.345 e. The summed E-state index contributed by atoms with van der Waals surface area (Å²) in [5.74, 6) is 0.130. The first-order valence-electron chi connectivity index (χ1n) is 6.67. The fraction of sp³-hybridized carbons (Fsp3) is 0.0625. The Hall–Kier alpha value is -3.02. The van der Waals surface area contributed by atoms with Crippen molar-refractivity contribution in [3.8, 4) is 5.69 Å². The van der Waals surface area contributed by atoms with E-state index in [9.17, 15) is 9.18 Å². The van der Waals surface area contributed by atoms with Crippen LogP contribution in [0.15, 0.2) is 48.9 Å². The molecular formula is C16H13FN4O. The second-order valence-corrected chi connectivity index (χ2v) is 4.70. The molecule has 0 amide bonds. The maximum absolute atomic E-state index is 13.0. The lowest BCUT2D eigenvalue weighted by molar-refractivity contribution is 0.104. The van der Waals surface area contributed by atoms with Gasteiger partial charge in [0.05, 0.1) is 23.1 Å². The third-order valence-corrected chi connectivity index (χ3v) is 3.26. The fourth-order valence-electron chi connectivity index (χ4n) is 2.11. The van der Waals surface area contributed by atoms with E-state index >= 15 is 0 Å². The van der Waals surface area contributed by atoms with E-state index in [1.807, 2.05) is 0 Å². The summed E-state index contributed by atoms with van der Waals surface area (Å²) in [5, 5.41) is 4.20. The Kier molecular flexibility index (Phi) is 3.65. The van der Waals surface area contributed by atoms with Crippen LogP contribution in [0.5, 0.6) is 0 Å². The van der Waals surface area contributed by atoms with Crippen molar-refractivity contribution in [2.24, 2.45) is 0 Å². The summed E-state index contributed by atoms with van der Waals surface area (Å²) in [6.45, 7) is 1.80. The van der Waals surface area contributed by atoms with Crippen molar-refractivity contribution in [1.29, 1.82) is 0 Å². The van der Waals surface area contributed by atoms with Gasteiger partial charge in [-0.3, -0.25) is 4.79 Å². The molecule has 1 N–H and O–H groups in total. The van der Waals surface area contributed by atoms with Crippen LogP contribution in [0.1, 0.15) is 21.9 Å². The predicted molar refractivity (Wildman–Crippen MR) is 80.2 cm³/mol. The number of hydrogen-bond acceptors (Lipinski definition) is 3. The first kappa shape index (κ1) is 13.9. The second kappa shape index (κ2) is 5.77. The molecule has 0 fully saturated rings. The van der Waals surface area contributed by atoms with E-state index < -0.39 is 0 Å². The number of nitrogens with one attached hydrogen (secondary N) is 1. The molecule has 6 heteroatoms. The summed E-state index contributed by atoms with van der Waals surface area (Å²) in [7, 11) is 0. The molecule has 0 aliphatic heterocycles. The minimum absolute atomic E-state index is 0.165. The van der Waals surface area contributed by atoms with E-state index in [2.05, 4.69) is 15.1 Å². The highest BCUT2D eigenvalue weighted by atomic mass is 19.1. The van der Waals surface area contributed by atoms with Crippen LogP contribution in [-0.2, 0) is 0 Å². The van der Waals surface area contributed by atoms with Crippen LogP contribution in [0.25, 0.3) is 11.8 Å². The van der Waals surface area contributed by atoms with Crippen LogP contribution in [0.3, 0.4) is 0 Å². The van der Waals surface area contributed by atoms with Gasteiger partial charge in [0.1, 0.15) is 11.6 Å². The van der Waals surface area contributed by atoms with E-state index in [1.165, 1.54) is 24.4 Å². The van der Waals surface area contributed by atoms with Gasteiger partial charge in [0, 0.05) is 12.4 Å². The van der Waals surface area contributed by atoms with Crippen LogP contribution < -0.4 is 0 Å². The van der Waals surface area contributed by atoms with E-state index in [1.54, 1.807) is 42.2 Å². The highest BCUT2D eigenvalue weighted by molar-refractivity contribution is 6.07. The Balaban J connectivity index is 1.87. The number of benzene rings is 1. The molecule has 2 aromatic heterocycles. The summed E-state index contributed by atoms with van der Waals surface area (Å²) < 4.78 is 14.6. The van der Waals surface area contributed by atoms with Crippen molar-refractivity contribution in [3.63, 3.8) is 0 Å². The molecule has 0 aliphatic carbocycles. The number of aromatic amines is 1. The number of allylic oxidation sites excluding steroid dienone is 1. The van der Waals surface area contributed by atoms with Gasteiger partial charge in [0.25, 0.3) is 0 Å². The molecule has 1 aromatic carbocycles. The summed E-state index contributed by atoms with van der Waals surface area (Å²) >= 11 is 0. The van der Waals surface area contributed by atoms with Crippen molar-refractivity contribution in [2.75, 3.05) is 0 Å². The molecule has 0 spiro atoms. The minimum Gasteiger partial charge on any atom is -0.345 e. The number of carbonyl (C=O) groups excluding carboxylic acids is 1. The highest BCUT2D eigenvalue weighted by Gasteiger charge is 2.13. The lowest BCUT2D eigenvalue weighted by atomic mass is 10.1. The number of H-pyrrole nitrogens is 1. The standard InChI is InChI=1S/C16H13FN4O/c1-11-14(15(22)6-7-16-18-8-9-19-16)10-20-21(11)13-4-2-12(17)3-5-13/h2-10H,1H3,(H,18,19)/b7-6-. The summed E-state index contributed by atoms with van der Waals surface area (Å²) in [6.07, 6.45) is 7.85. The van der Waals surface area contributed by atoms with Gasteiger partial charge in [-0.15, -0.1) is 0 Å². The smallest absolute Gasteiger partial charge is 0.189 e. The van der Waals surface area contributed by atoms with Crippen LogP contribution in [0.2, 0.25) is 0 Å². The average Bonchev–Trinajstić information content (AvgIpc) is 3.15. The Morgan fingerprint density at radius 2 is 2.09 bits per heavy atom.